The number of hydrogen-bond donors (Lipinski definition) is 0. The molecule has 0 fully saturated rings. The highest BCUT2D eigenvalue weighted by Gasteiger charge is 2.16. The van der Waals surface area contributed by atoms with Gasteiger partial charge in [0.1, 0.15) is 0 Å². The molecule has 0 aliphatic heterocycles. The summed E-state index contributed by atoms with van der Waals surface area (Å²) in [6.45, 7) is 0. The molecule has 0 saturated heterocycles. The monoisotopic (exact) mass is 547 g/mol. The van der Waals surface area contributed by atoms with Gasteiger partial charge in [0.2, 0.25) is 0 Å². The van der Waals surface area contributed by atoms with E-state index in [2.05, 4.69) is 181 Å². The molecular weight excluding hydrogens is 518 g/mol. The van der Waals surface area contributed by atoms with Gasteiger partial charge >= 0.3 is 0 Å². The first-order valence-corrected chi connectivity index (χ1v) is 14.8. The third-order valence-corrected chi connectivity index (χ3v) is 8.43. The van der Waals surface area contributed by atoms with Gasteiger partial charge in [-0.05, 0) is 91.0 Å². The van der Waals surface area contributed by atoms with Gasteiger partial charge in [0.05, 0.1) is 0 Å². The minimum atomic E-state index is 1.12. The van der Waals surface area contributed by atoms with E-state index in [0.29, 0.717) is 0 Å². The molecule has 0 amide bonds. The maximum atomic E-state index is 2.38. The SMILES string of the molecule is c1ccc(-c2ccc(N(c3cccc(-c4ccccc4)c3)c3ccc4c5ccccc5c5ccccc5c4c3)cc2)cc1. The smallest absolute Gasteiger partial charge is 0.0468 e. The lowest BCUT2D eigenvalue weighted by atomic mass is 9.94. The number of nitrogens with zero attached hydrogens (tertiary/aromatic N) is 1. The standard InChI is InChI=1S/C42H29N/c1-3-12-30(13-4-1)32-22-24-34(25-23-32)43(35-17-11-16-33(28-35)31-14-5-2-6-15-31)36-26-27-41-39-20-8-7-18-37(39)38-19-9-10-21-40(38)42(41)29-36/h1-29H. The number of fused-ring (bicyclic) bond motifs is 6. The molecule has 0 bridgehead atoms. The van der Waals surface area contributed by atoms with Crippen LogP contribution in [0.5, 0.6) is 0 Å². The summed E-state index contributed by atoms with van der Waals surface area (Å²) in [7, 11) is 0. The summed E-state index contributed by atoms with van der Waals surface area (Å²) in [5.41, 5.74) is 8.20. The Morgan fingerprint density at radius 2 is 0.651 bits per heavy atom. The molecule has 0 unspecified atom stereocenters. The van der Waals surface area contributed by atoms with Crippen molar-refractivity contribution < 1.29 is 0 Å². The molecule has 0 aliphatic rings. The number of hydrogen-bond acceptors (Lipinski definition) is 1. The molecule has 8 aromatic carbocycles. The van der Waals surface area contributed by atoms with Crippen molar-refractivity contribution in [2.45, 2.75) is 0 Å². The van der Waals surface area contributed by atoms with E-state index in [-0.39, 0.29) is 0 Å². The van der Waals surface area contributed by atoms with Gasteiger partial charge < -0.3 is 4.90 Å². The summed E-state index contributed by atoms with van der Waals surface area (Å²) in [4.78, 5) is 2.38. The Bertz CT molecular complexity index is 2180. The molecule has 0 spiro atoms. The fourth-order valence-electron chi connectivity index (χ4n) is 6.37. The molecule has 0 N–H and O–H groups in total. The first-order chi connectivity index (χ1) is 21.3. The third kappa shape index (κ3) is 4.52. The van der Waals surface area contributed by atoms with Gasteiger partial charge in [-0.2, -0.15) is 0 Å². The third-order valence-electron chi connectivity index (χ3n) is 8.43. The van der Waals surface area contributed by atoms with Gasteiger partial charge in [0, 0.05) is 17.1 Å². The fourth-order valence-corrected chi connectivity index (χ4v) is 6.37. The van der Waals surface area contributed by atoms with Crippen LogP contribution >= 0.6 is 0 Å². The van der Waals surface area contributed by atoms with Crippen LogP contribution in [0.1, 0.15) is 0 Å². The van der Waals surface area contributed by atoms with E-state index in [1.807, 2.05) is 0 Å². The zero-order valence-corrected chi connectivity index (χ0v) is 23.7. The predicted molar refractivity (Wildman–Crippen MR) is 185 cm³/mol. The molecule has 0 aliphatic carbocycles. The molecule has 8 aromatic rings. The Morgan fingerprint density at radius 3 is 1.26 bits per heavy atom. The second-order valence-corrected chi connectivity index (χ2v) is 11.0. The van der Waals surface area contributed by atoms with Crippen molar-refractivity contribution in [2.75, 3.05) is 4.90 Å². The number of anilines is 3. The second kappa shape index (κ2) is 10.6. The minimum absolute atomic E-state index is 1.12. The minimum Gasteiger partial charge on any atom is -0.310 e. The van der Waals surface area contributed by atoms with Gasteiger partial charge in [0.15, 0.2) is 0 Å². The van der Waals surface area contributed by atoms with Crippen LogP contribution < -0.4 is 4.90 Å². The van der Waals surface area contributed by atoms with Crippen LogP contribution in [0.2, 0.25) is 0 Å². The lowest BCUT2D eigenvalue weighted by Gasteiger charge is -2.27. The summed E-state index contributed by atoms with van der Waals surface area (Å²) in [6.07, 6.45) is 0. The van der Waals surface area contributed by atoms with E-state index >= 15 is 0 Å². The molecule has 1 nitrogen and oxygen atoms in total. The Labute approximate surface area is 251 Å². The Balaban J connectivity index is 1.34. The van der Waals surface area contributed by atoms with Gasteiger partial charge in [-0.25, -0.2) is 0 Å². The first-order valence-electron chi connectivity index (χ1n) is 14.8. The van der Waals surface area contributed by atoms with Crippen molar-refractivity contribution >= 4 is 49.4 Å². The summed E-state index contributed by atoms with van der Waals surface area (Å²) >= 11 is 0. The summed E-state index contributed by atoms with van der Waals surface area (Å²) < 4.78 is 0. The van der Waals surface area contributed by atoms with Crippen LogP contribution in [0.3, 0.4) is 0 Å². The highest BCUT2D eigenvalue weighted by atomic mass is 15.1. The van der Waals surface area contributed by atoms with E-state index in [1.54, 1.807) is 0 Å². The maximum absolute atomic E-state index is 2.38. The van der Waals surface area contributed by atoms with E-state index in [4.69, 9.17) is 0 Å². The average Bonchev–Trinajstić information content (AvgIpc) is 3.10. The quantitative estimate of drug-likeness (QED) is 0.194. The second-order valence-electron chi connectivity index (χ2n) is 11.0. The van der Waals surface area contributed by atoms with E-state index in [0.717, 1.165) is 17.1 Å². The Hall–Kier alpha value is -5.66. The Kier molecular flexibility index (Phi) is 6.20. The van der Waals surface area contributed by atoms with Gasteiger partial charge in [0.25, 0.3) is 0 Å². The molecule has 202 valence electrons. The highest BCUT2D eigenvalue weighted by molar-refractivity contribution is 6.25. The van der Waals surface area contributed by atoms with Crippen LogP contribution in [0.15, 0.2) is 176 Å². The molecule has 8 rings (SSSR count). The van der Waals surface area contributed by atoms with Crippen LogP contribution in [-0.4, -0.2) is 0 Å². The fraction of sp³-hybridized carbons (Fsp3) is 0. The molecule has 0 aromatic heterocycles. The largest absolute Gasteiger partial charge is 0.310 e. The predicted octanol–water partition coefficient (Wildman–Crippen LogP) is 11.9. The summed E-state index contributed by atoms with van der Waals surface area (Å²) in [5, 5.41) is 7.67. The lowest BCUT2D eigenvalue weighted by Crippen LogP contribution is -2.10. The maximum Gasteiger partial charge on any atom is 0.0468 e. The van der Waals surface area contributed by atoms with E-state index < -0.39 is 0 Å². The van der Waals surface area contributed by atoms with Crippen molar-refractivity contribution in [1.29, 1.82) is 0 Å². The van der Waals surface area contributed by atoms with Crippen LogP contribution in [0, 0.1) is 0 Å². The molecule has 0 radical (unpaired) electrons. The zero-order chi connectivity index (χ0) is 28.6. The average molecular weight is 548 g/mol. The molecule has 0 saturated carbocycles. The lowest BCUT2D eigenvalue weighted by molar-refractivity contribution is 1.29. The van der Waals surface area contributed by atoms with E-state index in [9.17, 15) is 0 Å². The van der Waals surface area contributed by atoms with Gasteiger partial charge in [-0.1, -0.05) is 140 Å². The summed E-state index contributed by atoms with van der Waals surface area (Å²) in [5.74, 6) is 0. The van der Waals surface area contributed by atoms with Crippen molar-refractivity contribution in [3.63, 3.8) is 0 Å². The zero-order valence-electron chi connectivity index (χ0n) is 23.7. The molecular formula is C42H29N. The van der Waals surface area contributed by atoms with Crippen molar-refractivity contribution in [3.8, 4) is 22.3 Å². The topological polar surface area (TPSA) is 3.24 Å². The van der Waals surface area contributed by atoms with Gasteiger partial charge in [-0.3, -0.25) is 0 Å². The highest BCUT2D eigenvalue weighted by Crippen LogP contribution is 2.41. The Morgan fingerprint density at radius 1 is 0.233 bits per heavy atom. The van der Waals surface area contributed by atoms with Crippen LogP contribution in [0.25, 0.3) is 54.6 Å². The summed E-state index contributed by atoms with van der Waals surface area (Å²) in [6, 6.07) is 63.4. The van der Waals surface area contributed by atoms with Crippen molar-refractivity contribution in [2.24, 2.45) is 0 Å². The molecule has 43 heavy (non-hydrogen) atoms. The molecule has 0 heterocycles. The van der Waals surface area contributed by atoms with Crippen LogP contribution in [-0.2, 0) is 0 Å². The molecule has 1 heteroatoms. The normalized spacial score (nSPS) is 11.3. The number of benzene rings is 8. The van der Waals surface area contributed by atoms with Gasteiger partial charge in [-0.15, -0.1) is 0 Å². The first kappa shape index (κ1) is 25.1. The van der Waals surface area contributed by atoms with Crippen molar-refractivity contribution in [3.05, 3.63) is 176 Å². The van der Waals surface area contributed by atoms with Crippen molar-refractivity contribution in [1.82, 2.24) is 0 Å². The molecule has 0 atom stereocenters. The van der Waals surface area contributed by atoms with Crippen LogP contribution in [0.4, 0.5) is 17.1 Å². The number of rotatable bonds is 5. The van der Waals surface area contributed by atoms with E-state index in [1.165, 1.54) is 54.6 Å².